The van der Waals surface area contributed by atoms with E-state index >= 15 is 0 Å². The van der Waals surface area contributed by atoms with E-state index in [0.717, 1.165) is 38.7 Å². The first kappa shape index (κ1) is 20.2. The van der Waals surface area contributed by atoms with Crippen LogP contribution >= 0.6 is 11.6 Å². The summed E-state index contributed by atoms with van der Waals surface area (Å²) >= 11 is 6.14. The maximum absolute atomic E-state index is 12.8. The zero-order chi connectivity index (χ0) is 22.2. The zero-order valence-corrected chi connectivity index (χ0v) is 18.4. The minimum atomic E-state index is -0.239. The van der Waals surface area contributed by atoms with Crippen molar-refractivity contribution in [3.8, 4) is 0 Å². The zero-order valence-electron chi connectivity index (χ0n) is 17.6. The van der Waals surface area contributed by atoms with Gasteiger partial charge in [-0.15, -0.1) is 0 Å². The summed E-state index contributed by atoms with van der Waals surface area (Å²) in [5, 5.41) is 5.82. The van der Waals surface area contributed by atoms with Gasteiger partial charge in [-0.1, -0.05) is 59.6 Å². The van der Waals surface area contributed by atoms with Gasteiger partial charge in [-0.05, 0) is 43.7 Å². The Bertz CT molecular complexity index is 1520. The topological polar surface area (TPSA) is 72.2 Å². The second kappa shape index (κ2) is 8.05. The van der Waals surface area contributed by atoms with Crippen LogP contribution in [0, 0.1) is 6.92 Å². The molecular formula is C25H20ClN5O. The molecule has 6 nitrogen and oxygen atoms in total. The third kappa shape index (κ3) is 3.69. The average molecular weight is 442 g/mol. The molecule has 0 radical (unpaired) electrons. The highest BCUT2D eigenvalue weighted by Gasteiger charge is 2.16. The van der Waals surface area contributed by atoms with Gasteiger partial charge in [-0.3, -0.25) is 4.79 Å². The molecule has 0 spiro atoms. The van der Waals surface area contributed by atoms with Crippen LogP contribution in [-0.2, 0) is 11.3 Å². The molecule has 2 heterocycles. The minimum absolute atomic E-state index is 0.0719. The second-order valence-corrected chi connectivity index (χ2v) is 8.17. The fraction of sp³-hybridized carbons (Fsp3) is 0.120. The Hall–Kier alpha value is -3.77. The molecule has 0 fully saturated rings. The van der Waals surface area contributed by atoms with E-state index in [4.69, 9.17) is 21.6 Å². The molecule has 3 aromatic carbocycles. The fourth-order valence-corrected chi connectivity index (χ4v) is 3.92. The van der Waals surface area contributed by atoms with Crippen LogP contribution in [0.1, 0.15) is 18.1 Å². The molecule has 0 saturated heterocycles. The summed E-state index contributed by atoms with van der Waals surface area (Å²) < 4.78 is 1.87. The van der Waals surface area contributed by atoms with Crippen LogP contribution in [0.2, 0.25) is 5.02 Å². The van der Waals surface area contributed by atoms with Gasteiger partial charge in [-0.2, -0.15) is 5.10 Å². The van der Waals surface area contributed by atoms with E-state index in [-0.39, 0.29) is 12.5 Å². The number of hydrazone groups is 1. The molecule has 1 N–H and O–H groups in total. The Labute approximate surface area is 189 Å². The first-order valence-corrected chi connectivity index (χ1v) is 10.6. The van der Waals surface area contributed by atoms with Crippen LogP contribution in [0.3, 0.4) is 0 Å². The minimum Gasteiger partial charge on any atom is -0.314 e. The molecule has 0 unspecified atom stereocenters. The Morgan fingerprint density at radius 1 is 1.03 bits per heavy atom. The van der Waals surface area contributed by atoms with Crippen LogP contribution in [0.15, 0.2) is 71.8 Å². The molecule has 0 aliphatic rings. The van der Waals surface area contributed by atoms with Gasteiger partial charge in [0.05, 0.1) is 22.3 Å². The van der Waals surface area contributed by atoms with Crippen molar-refractivity contribution in [2.75, 3.05) is 0 Å². The van der Waals surface area contributed by atoms with Gasteiger partial charge >= 0.3 is 0 Å². The van der Waals surface area contributed by atoms with Crippen molar-refractivity contribution in [2.45, 2.75) is 20.4 Å². The van der Waals surface area contributed by atoms with Gasteiger partial charge in [0.15, 0.2) is 5.65 Å². The summed E-state index contributed by atoms with van der Waals surface area (Å²) in [6.45, 7) is 3.97. The maximum Gasteiger partial charge on any atom is 0.260 e. The predicted molar refractivity (Wildman–Crippen MR) is 129 cm³/mol. The van der Waals surface area contributed by atoms with E-state index in [1.165, 1.54) is 5.56 Å². The molecule has 0 aliphatic carbocycles. The number of amides is 1. The van der Waals surface area contributed by atoms with E-state index in [1.807, 2.05) is 73.0 Å². The number of nitrogens with zero attached hydrogens (tertiary/aromatic N) is 4. The Morgan fingerprint density at radius 3 is 2.62 bits per heavy atom. The maximum atomic E-state index is 12.8. The molecule has 5 rings (SSSR count). The standard InChI is InChI=1S/C25H20ClN5O/c1-15-7-9-17(10-8-15)16(2)29-30-23(32)14-31-22-6-4-3-5-19(22)24-25(31)28-20-12-11-18(26)13-21(20)27-24/h3-13H,14H2,1-2H3,(H,30,32)/b29-16-. The number of para-hydroxylation sites is 1. The normalized spacial score (nSPS) is 12.0. The lowest BCUT2D eigenvalue weighted by Crippen LogP contribution is -2.24. The van der Waals surface area contributed by atoms with Crippen molar-refractivity contribution < 1.29 is 4.79 Å². The molecule has 0 saturated carbocycles. The van der Waals surface area contributed by atoms with E-state index < -0.39 is 0 Å². The Balaban J connectivity index is 1.51. The lowest BCUT2D eigenvalue weighted by molar-refractivity contribution is -0.121. The van der Waals surface area contributed by atoms with E-state index in [9.17, 15) is 4.79 Å². The quantitative estimate of drug-likeness (QED) is 0.306. The van der Waals surface area contributed by atoms with Crippen LogP contribution in [0.25, 0.3) is 33.1 Å². The molecule has 32 heavy (non-hydrogen) atoms. The average Bonchev–Trinajstić information content (AvgIpc) is 3.09. The van der Waals surface area contributed by atoms with Gasteiger partial charge in [0.25, 0.3) is 5.91 Å². The number of fused-ring (bicyclic) bond motifs is 4. The Morgan fingerprint density at radius 2 is 1.81 bits per heavy atom. The van der Waals surface area contributed by atoms with Crippen LogP contribution in [0.4, 0.5) is 0 Å². The van der Waals surface area contributed by atoms with Crippen LogP contribution < -0.4 is 5.43 Å². The number of hydrogen-bond acceptors (Lipinski definition) is 4. The lowest BCUT2D eigenvalue weighted by atomic mass is 10.1. The van der Waals surface area contributed by atoms with Crippen molar-refractivity contribution in [1.82, 2.24) is 20.0 Å². The van der Waals surface area contributed by atoms with Crippen molar-refractivity contribution in [3.63, 3.8) is 0 Å². The van der Waals surface area contributed by atoms with Crippen molar-refractivity contribution >= 4 is 56.3 Å². The summed E-state index contributed by atoms with van der Waals surface area (Å²) in [4.78, 5) is 22.4. The monoisotopic (exact) mass is 441 g/mol. The number of carbonyl (C=O) groups excluding carboxylic acids is 1. The number of halogens is 1. The molecular weight excluding hydrogens is 422 g/mol. The first-order chi connectivity index (χ1) is 15.5. The van der Waals surface area contributed by atoms with Gasteiger partial charge in [-0.25, -0.2) is 15.4 Å². The highest BCUT2D eigenvalue weighted by atomic mass is 35.5. The molecule has 158 valence electrons. The first-order valence-electron chi connectivity index (χ1n) is 10.2. The molecule has 0 atom stereocenters. The van der Waals surface area contributed by atoms with Gasteiger partial charge in [0.1, 0.15) is 12.1 Å². The van der Waals surface area contributed by atoms with E-state index in [1.54, 1.807) is 12.1 Å². The number of carbonyl (C=O) groups is 1. The summed E-state index contributed by atoms with van der Waals surface area (Å²) in [5.41, 5.74) is 9.26. The molecule has 0 aliphatic heterocycles. The number of aryl methyl sites for hydroxylation is 1. The smallest absolute Gasteiger partial charge is 0.260 e. The van der Waals surface area contributed by atoms with Crippen molar-refractivity contribution in [3.05, 3.63) is 82.9 Å². The second-order valence-electron chi connectivity index (χ2n) is 7.73. The summed E-state index contributed by atoms with van der Waals surface area (Å²) in [7, 11) is 0. The van der Waals surface area contributed by atoms with Crippen molar-refractivity contribution in [2.24, 2.45) is 5.10 Å². The number of aromatic nitrogens is 3. The molecule has 0 bridgehead atoms. The summed E-state index contributed by atoms with van der Waals surface area (Å²) in [6, 6.07) is 21.3. The summed E-state index contributed by atoms with van der Waals surface area (Å²) in [5.74, 6) is -0.239. The predicted octanol–water partition coefficient (Wildman–Crippen LogP) is 5.24. The van der Waals surface area contributed by atoms with Crippen LogP contribution in [0.5, 0.6) is 0 Å². The van der Waals surface area contributed by atoms with E-state index in [2.05, 4.69) is 10.5 Å². The molecule has 7 heteroatoms. The lowest BCUT2D eigenvalue weighted by Gasteiger charge is -2.07. The van der Waals surface area contributed by atoms with Crippen LogP contribution in [-0.4, -0.2) is 26.2 Å². The molecule has 2 aromatic heterocycles. The largest absolute Gasteiger partial charge is 0.314 e. The van der Waals surface area contributed by atoms with Crippen molar-refractivity contribution in [1.29, 1.82) is 0 Å². The van der Waals surface area contributed by atoms with E-state index in [0.29, 0.717) is 10.7 Å². The molecule has 1 amide bonds. The highest BCUT2D eigenvalue weighted by molar-refractivity contribution is 6.31. The van der Waals surface area contributed by atoms with Gasteiger partial charge in [0, 0.05) is 10.4 Å². The highest BCUT2D eigenvalue weighted by Crippen LogP contribution is 2.28. The fourth-order valence-electron chi connectivity index (χ4n) is 3.75. The van der Waals surface area contributed by atoms with Gasteiger partial charge < -0.3 is 4.57 Å². The number of nitrogens with one attached hydrogen (secondary N) is 1. The molecule has 5 aromatic rings. The number of benzene rings is 3. The van der Waals surface area contributed by atoms with Gasteiger partial charge in [0.2, 0.25) is 0 Å². The number of hydrogen-bond donors (Lipinski definition) is 1. The Kier molecular flexibility index (Phi) is 5.07. The SMILES string of the molecule is C/C(=N/NC(=O)Cn1c2ccccc2c2nc3cc(Cl)ccc3nc21)c1ccc(C)cc1. The summed E-state index contributed by atoms with van der Waals surface area (Å²) in [6.07, 6.45) is 0. The third-order valence-corrected chi connectivity index (χ3v) is 5.67. The third-order valence-electron chi connectivity index (χ3n) is 5.43. The number of rotatable bonds is 4.